The summed E-state index contributed by atoms with van der Waals surface area (Å²) in [6.45, 7) is 2.63. The maximum atomic E-state index is 12.8. The molecule has 7 heteroatoms. The SMILES string of the molecule is CC(=O)N1CCC(C(=O)n2c(=O)n(C)c3ccc(N)cc32)CC1. The number of benzene rings is 1. The van der Waals surface area contributed by atoms with Gasteiger partial charge in [-0.15, -0.1) is 0 Å². The molecule has 122 valence electrons. The fourth-order valence-electron chi connectivity index (χ4n) is 3.20. The highest BCUT2D eigenvalue weighted by Gasteiger charge is 2.29. The van der Waals surface area contributed by atoms with Gasteiger partial charge in [0.05, 0.1) is 11.0 Å². The van der Waals surface area contributed by atoms with E-state index >= 15 is 0 Å². The quantitative estimate of drug-likeness (QED) is 0.789. The van der Waals surface area contributed by atoms with Gasteiger partial charge in [-0.3, -0.25) is 14.2 Å². The van der Waals surface area contributed by atoms with Crippen molar-refractivity contribution in [3.05, 3.63) is 28.7 Å². The number of likely N-dealkylation sites (tertiary alicyclic amines) is 1. The van der Waals surface area contributed by atoms with E-state index in [0.29, 0.717) is 42.7 Å². The summed E-state index contributed by atoms with van der Waals surface area (Å²) in [4.78, 5) is 38.4. The maximum absolute atomic E-state index is 12.8. The molecule has 0 aliphatic carbocycles. The molecule has 2 aromatic rings. The van der Waals surface area contributed by atoms with Gasteiger partial charge in [0.15, 0.2) is 0 Å². The van der Waals surface area contributed by atoms with Gasteiger partial charge in [-0.1, -0.05) is 0 Å². The van der Waals surface area contributed by atoms with E-state index in [1.807, 2.05) is 0 Å². The minimum absolute atomic E-state index is 0.0194. The van der Waals surface area contributed by atoms with Crippen LogP contribution in [0.25, 0.3) is 11.0 Å². The van der Waals surface area contributed by atoms with Crippen LogP contribution in [0.5, 0.6) is 0 Å². The number of imidazole rings is 1. The largest absolute Gasteiger partial charge is 0.399 e. The Bertz CT molecular complexity index is 841. The molecule has 0 saturated carbocycles. The summed E-state index contributed by atoms with van der Waals surface area (Å²) in [5, 5.41) is 0. The summed E-state index contributed by atoms with van der Waals surface area (Å²) in [6, 6.07) is 5.11. The Kier molecular flexibility index (Phi) is 3.71. The fraction of sp³-hybridized carbons (Fsp3) is 0.438. The zero-order chi connectivity index (χ0) is 16.7. The molecule has 2 N–H and O–H groups in total. The van der Waals surface area contributed by atoms with Gasteiger partial charge in [0.2, 0.25) is 11.8 Å². The predicted molar refractivity (Wildman–Crippen MR) is 87.2 cm³/mol. The Labute approximate surface area is 133 Å². The highest BCUT2D eigenvalue weighted by molar-refractivity contribution is 5.93. The highest BCUT2D eigenvalue weighted by Crippen LogP contribution is 2.22. The number of amides is 1. The third-order valence-corrected chi connectivity index (χ3v) is 4.59. The molecule has 0 radical (unpaired) electrons. The number of nitrogens with two attached hydrogens (primary N) is 1. The van der Waals surface area contributed by atoms with E-state index in [1.54, 1.807) is 30.1 Å². The third kappa shape index (κ3) is 2.52. The average molecular weight is 316 g/mol. The third-order valence-electron chi connectivity index (χ3n) is 4.59. The van der Waals surface area contributed by atoms with Crippen molar-refractivity contribution in [1.29, 1.82) is 0 Å². The van der Waals surface area contributed by atoms with Crippen LogP contribution in [0, 0.1) is 5.92 Å². The van der Waals surface area contributed by atoms with E-state index in [2.05, 4.69) is 0 Å². The van der Waals surface area contributed by atoms with Crippen LogP contribution in [0.1, 0.15) is 24.6 Å². The number of nitrogen functional groups attached to an aromatic ring is 1. The topological polar surface area (TPSA) is 90.3 Å². The van der Waals surface area contributed by atoms with Crippen LogP contribution in [-0.4, -0.2) is 38.9 Å². The summed E-state index contributed by atoms with van der Waals surface area (Å²) in [7, 11) is 1.64. The van der Waals surface area contributed by atoms with E-state index in [1.165, 1.54) is 16.1 Å². The van der Waals surface area contributed by atoms with Gasteiger partial charge in [-0.05, 0) is 31.0 Å². The number of rotatable bonds is 1. The molecule has 2 heterocycles. The molecular weight excluding hydrogens is 296 g/mol. The number of fused-ring (bicyclic) bond motifs is 1. The van der Waals surface area contributed by atoms with Crippen molar-refractivity contribution in [2.24, 2.45) is 13.0 Å². The highest BCUT2D eigenvalue weighted by atomic mass is 16.2. The minimum atomic E-state index is -0.357. The first-order valence-electron chi connectivity index (χ1n) is 7.67. The van der Waals surface area contributed by atoms with Crippen molar-refractivity contribution >= 4 is 28.5 Å². The molecule has 3 rings (SSSR count). The van der Waals surface area contributed by atoms with Crippen LogP contribution < -0.4 is 11.4 Å². The number of anilines is 1. The van der Waals surface area contributed by atoms with E-state index in [4.69, 9.17) is 5.73 Å². The summed E-state index contributed by atoms with van der Waals surface area (Å²) >= 11 is 0. The van der Waals surface area contributed by atoms with Gasteiger partial charge < -0.3 is 10.6 Å². The van der Waals surface area contributed by atoms with Gasteiger partial charge in [-0.25, -0.2) is 9.36 Å². The molecule has 1 aromatic carbocycles. The number of carbonyl (C=O) groups excluding carboxylic acids is 2. The molecule has 0 bridgehead atoms. The summed E-state index contributed by atoms with van der Waals surface area (Å²) in [5.74, 6) is -0.448. The Morgan fingerprint density at radius 1 is 1.17 bits per heavy atom. The van der Waals surface area contributed by atoms with E-state index in [-0.39, 0.29) is 23.4 Å². The molecule has 1 fully saturated rings. The number of piperidine rings is 1. The standard InChI is InChI=1S/C16H20N4O3/c1-10(21)19-7-5-11(6-8-19)15(22)20-14-9-12(17)3-4-13(14)18(2)16(20)23/h3-4,9,11H,5-8,17H2,1-2H3. The number of carbonyl (C=O) groups is 2. The van der Waals surface area contributed by atoms with Gasteiger partial charge >= 0.3 is 5.69 Å². The maximum Gasteiger partial charge on any atom is 0.335 e. The fourth-order valence-corrected chi connectivity index (χ4v) is 3.20. The Morgan fingerprint density at radius 2 is 1.83 bits per heavy atom. The van der Waals surface area contributed by atoms with Crippen LogP contribution in [0.3, 0.4) is 0 Å². The zero-order valence-electron chi connectivity index (χ0n) is 13.3. The monoisotopic (exact) mass is 316 g/mol. The van der Waals surface area contributed by atoms with Crippen LogP contribution in [0.2, 0.25) is 0 Å². The second kappa shape index (κ2) is 5.57. The lowest BCUT2D eigenvalue weighted by Crippen LogP contribution is -2.41. The van der Waals surface area contributed by atoms with Crippen molar-refractivity contribution in [2.45, 2.75) is 19.8 Å². The normalized spacial score (nSPS) is 16.0. The second-order valence-electron chi connectivity index (χ2n) is 6.04. The van der Waals surface area contributed by atoms with Crippen molar-refractivity contribution in [1.82, 2.24) is 14.0 Å². The van der Waals surface area contributed by atoms with Crippen LogP contribution in [0.15, 0.2) is 23.0 Å². The molecule has 1 aliphatic rings. The number of hydrogen-bond acceptors (Lipinski definition) is 4. The Hall–Kier alpha value is -2.57. The summed E-state index contributed by atoms with van der Waals surface area (Å²) in [6.07, 6.45) is 1.15. The second-order valence-corrected chi connectivity index (χ2v) is 6.04. The lowest BCUT2D eigenvalue weighted by Gasteiger charge is -2.30. The van der Waals surface area contributed by atoms with Crippen molar-refractivity contribution in [3.63, 3.8) is 0 Å². The van der Waals surface area contributed by atoms with Crippen LogP contribution in [0.4, 0.5) is 5.69 Å². The predicted octanol–water partition coefficient (Wildman–Crippen LogP) is 0.821. The first-order valence-corrected chi connectivity index (χ1v) is 7.67. The number of nitrogens with zero attached hydrogens (tertiary/aromatic N) is 3. The molecule has 1 aromatic heterocycles. The lowest BCUT2D eigenvalue weighted by atomic mass is 9.95. The van der Waals surface area contributed by atoms with Gasteiger partial charge in [0, 0.05) is 38.7 Å². The first kappa shape index (κ1) is 15.3. The van der Waals surface area contributed by atoms with Crippen LogP contribution in [-0.2, 0) is 11.8 Å². The molecule has 1 aliphatic heterocycles. The summed E-state index contributed by atoms with van der Waals surface area (Å²) < 4.78 is 2.68. The van der Waals surface area contributed by atoms with Gasteiger partial charge in [-0.2, -0.15) is 0 Å². The number of aryl methyl sites for hydroxylation is 1. The van der Waals surface area contributed by atoms with Gasteiger partial charge in [0.25, 0.3) is 0 Å². The molecular formula is C16H20N4O3. The van der Waals surface area contributed by atoms with Crippen molar-refractivity contribution in [2.75, 3.05) is 18.8 Å². The zero-order valence-corrected chi connectivity index (χ0v) is 13.3. The Morgan fingerprint density at radius 3 is 2.43 bits per heavy atom. The molecule has 1 saturated heterocycles. The first-order chi connectivity index (χ1) is 10.9. The van der Waals surface area contributed by atoms with Crippen molar-refractivity contribution in [3.8, 4) is 0 Å². The van der Waals surface area contributed by atoms with Crippen LogP contribution >= 0.6 is 0 Å². The van der Waals surface area contributed by atoms with Gasteiger partial charge in [0.1, 0.15) is 0 Å². The average Bonchev–Trinajstić information content (AvgIpc) is 2.77. The Balaban J connectivity index is 1.96. The number of hydrogen-bond donors (Lipinski definition) is 1. The minimum Gasteiger partial charge on any atom is -0.399 e. The molecule has 0 atom stereocenters. The van der Waals surface area contributed by atoms with E-state index in [0.717, 1.165) is 0 Å². The smallest absolute Gasteiger partial charge is 0.335 e. The molecule has 0 unspecified atom stereocenters. The van der Waals surface area contributed by atoms with Crippen molar-refractivity contribution < 1.29 is 9.59 Å². The molecule has 23 heavy (non-hydrogen) atoms. The number of aromatic nitrogens is 2. The van der Waals surface area contributed by atoms with E-state index in [9.17, 15) is 14.4 Å². The van der Waals surface area contributed by atoms with E-state index < -0.39 is 0 Å². The summed E-state index contributed by atoms with van der Waals surface area (Å²) in [5.41, 5.74) is 7.17. The molecule has 7 nitrogen and oxygen atoms in total. The lowest BCUT2D eigenvalue weighted by molar-refractivity contribution is -0.130. The molecule has 1 amide bonds. The molecule has 0 spiro atoms.